The zero-order chi connectivity index (χ0) is 38.2. The maximum absolute atomic E-state index is 14.2. The Balaban J connectivity index is 1.84. The van der Waals surface area contributed by atoms with Gasteiger partial charge in [-0.25, -0.2) is 0 Å². The molecule has 2 bridgehead atoms. The molecule has 3 N–H and O–H groups in total. The van der Waals surface area contributed by atoms with Crippen LogP contribution < -0.4 is 0 Å². The molecular weight excluding hydrogens is 664 g/mol. The van der Waals surface area contributed by atoms with E-state index in [1.54, 1.807) is 27.9 Å². The van der Waals surface area contributed by atoms with E-state index in [4.69, 9.17) is 42.9 Å². The van der Waals surface area contributed by atoms with Crippen molar-refractivity contribution in [3.63, 3.8) is 0 Å². The molecule has 14 heteroatoms. The smallest absolute Gasteiger partial charge is 0.311 e. The Morgan fingerprint density at radius 2 is 1.59 bits per heavy atom. The zero-order valence-electron chi connectivity index (χ0n) is 33.0. The van der Waals surface area contributed by atoms with Crippen molar-refractivity contribution in [2.45, 2.75) is 179 Å². The van der Waals surface area contributed by atoms with Gasteiger partial charge in [0, 0.05) is 51.4 Å². The van der Waals surface area contributed by atoms with Crippen molar-refractivity contribution in [2.75, 3.05) is 28.3 Å². The fourth-order valence-electron chi connectivity index (χ4n) is 8.50. The Morgan fingerprint density at radius 3 is 2.18 bits per heavy atom. The lowest BCUT2D eigenvalue weighted by Gasteiger charge is -2.49. The van der Waals surface area contributed by atoms with Gasteiger partial charge >= 0.3 is 5.97 Å². The van der Waals surface area contributed by atoms with Gasteiger partial charge in [0.2, 0.25) is 5.79 Å². The fourth-order valence-corrected chi connectivity index (χ4v) is 8.50. The van der Waals surface area contributed by atoms with Gasteiger partial charge in [-0.3, -0.25) is 9.79 Å². The molecule has 0 aromatic rings. The van der Waals surface area contributed by atoms with Crippen molar-refractivity contribution < 1.29 is 58.0 Å². The van der Waals surface area contributed by atoms with E-state index >= 15 is 0 Å². The molecule has 0 aliphatic carbocycles. The van der Waals surface area contributed by atoms with Gasteiger partial charge in [0.15, 0.2) is 24.6 Å². The first-order valence-electron chi connectivity index (χ1n) is 18.7. The largest absolute Gasteiger partial charge is 0.455 e. The average molecular weight is 731 g/mol. The molecule has 0 unspecified atom stereocenters. The monoisotopic (exact) mass is 730 g/mol. The van der Waals surface area contributed by atoms with Crippen LogP contribution in [-0.4, -0.2) is 145 Å². The number of carbonyl (C=O) groups excluding carboxylic acids is 1. The molecule has 4 rings (SSSR count). The molecule has 296 valence electrons. The zero-order valence-corrected chi connectivity index (χ0v) is 33.0. The second-order valence-corrected chi connectivity index (χ2v) is 16.2. The van der Waals surface area contributed by atoms with Crippen LogP contribution in [0.2, 0.25) is 0 Å². The number of aliphatic hydroxyl groups is 3. The summed E-state index contributed by atoms with van der Waals surface area (Å²) in [5.74, 6) is -3.73. The quantitative estimate of drug-likeness (QED) is 0.312. The van der Waals surface area contributed by atoms with E-state index < -0.39 is 84.0 Å². The molecule has 0 spiro atoms. The second-order valence-electron chi connectivity index (χ2n) is 16.2. The Kier molecular flexibility index (Phi) is 13.7. The van der Waals surface area contributed by atoms with E-state index in [9.17, 15) is 20.1 Å². The maximum Gasteiger partial charge on any atom is 0.311 e. The highest BCUT2D eigenvalue weighted by Crippen LogP contribution is 2.42. The van der Waals surface area contributed by atoms with Crippen molar-refractivity contribution in [1.82, 2.24) is 4.90 Å². The molecule has 0 radical (unpaired) electrons. The van der Waals surface area contributed by atoms with Crippen LogP contribution in [0.15, 0.2) is 4.99 Å². The van der Waals surface area contributed by atoms with Crippen molar-refractivity contribution >= 4 is 11.9 Å². The van der Waals surface area contributed by atoms with E-state index in [0.29, 0.717) is 25.2 Å². The van der Waals surface area contributed by atoms with Crippen LogP contribution in [0.25, 0.3) is 0 Å². The SMILES string of the molecule is CC[C@H]1OC(=O)[C@H](C)[C@@H](O[C@H]2C[C@@](C)(OC)[C@@H](O)[C@H](C)O2)[C@H](C)[C@@H](O[C@@H]2O[C@H](C)C[C@H](N(C)C)[C@H]2O)[C@](C)(OC)C[C@@H](C)N=C2O[C@@]1(O)C[C@H]2C. The lowest BCUT2D eigenvalue weighted by Crippen LogP contribution is -2.61. The van der Waals surface area contributed by atoms with Gasteiger partial charge in [-0.05, 0) is 68.5 Å². The first-order chi connectivity index (χ1) is 23.7. The second kappa shape index (κ2) is 16.5. The maximum atomic E-state index is 14.2. The predicted molar refractivity (Wildman–Crippen MR) is 188 cm³/mol. The van der Waals surface area contributed by atoms with Crippen LogP contribution in [0.5, 0.6) is 0 Å². The first-order valence-corrected chi connectivity index (χ1v) is 18.7. The average Bonchev–Trinajstić information content (AvgIpc) is 3.35. The van der Waals surface area contributed by atoms with Gasteiger partial charge in [-0.15, -0.1) is 0 Å². The van der Waals surface area contributed by atoms with Crippen molar-refractivity contribution in [2.24, 2.45) is 22.7 Å². The molecule has 4 heterocycles. The number of aliphatic hydroxyl groups excluding tert-OH is 2. The lowest BCUT2D eigenvalue weighted by atomic mass is 9.78. The molecule has 0 amide bonds. The summed E-state index contributed by atoms with van der Waals surface area (Å²) < 4.78 is 50.4. The van der Waals surface area contributed by atoms with Crippen molar-refractivity contribution in [3.05, 3.63) is 0 Å². The molecule has 17 atom stereocenters. The van der Waals surface area contributed by atoms with Crippen LogP contribution >= 0.6 is 0 Å². The topological polar surface area (TPSA) is 167 Å². The third kappa shape index (κ3) is 8.92. The highest BCUT2D eigenvalue weighted by atomic mass is 16.7. The Bertz CT molecular complexity index is 1210. The minimum Gasteiger partial charge on any atom is -0.455 e. The molecule has 0 aromatic heterocycles. The van der Waals surface area contributed by atoms with E-state index in [1.807, 2.05) is 60.5 Å². The summed E-state index contributed by atoms with van der Waals surface area (Å²) in [6.45, 7) is 16.7. The number of ether oxygens (including phenoxy) is 8. The molecule has 3 fully saturated rings. The van der Waals surface area contributed by atoms with E-state index in [0.717, 1.165) is 0 Å². The number of rotatable bonds is 8. The van der Waals surface area contributed by atoms with Crippen LogP contribution in [0, 0.1) is 17.8 Å². The van der Waals surface area contributed by atoms with Crippen LogP contribution in [0.1, 0.15) is 94.4 Å². The number of likely N-dealkylation sites (N-methyl/N-ethyl adjacent to an activating group) is 1. The van der Waals surface area contributed by atoms with E-state index in [-0.39, 0.29) is 36.9 Å². The molecule has 3 saturated heterocycles. The number of aliphatic imine (C=N–C) groups is 1. The lowest BCUT2D eigenvalue weighted by molar-refractivity contribution is -0.319. The van der Waals surface area contributed by atoms with Crippen LogP contribution in [0.3, 0.4) is 0 Å². The first kappa shape index (κ1) is 42.3. The normalized spacial score (nSPS) is 48.8. The van der Waals surface area contributed by atoms with Gasteiger partial charge in [-0.2, -0.15) is 0 Å². The standard InChI is InChI=1S/C37H66N2O12/c1-14-26-37(43)16-19(2)32(51-37)38-20(3)17-36(9,45-13)31(50-34-28(40)25(39(10)11)15-21(4)46-34)22(5)29(23(6)33(42)48-26)49-27-18-35(8,44-12)30(41)24(7)47-27/h19-31,34,40-41,43H,14-18H2,1-13H3/t19-,20-,21-,22+,23-,24+,25+,26-,27+,28-,29+,30+,31-,34+,35-,36-,37+/m1/s1. The Labute approximate surface area is 304 Å². The van der Waals surface area contributed by atoms with Gasteiger partial charge in [-0.1, -0.05) is 20.8 Å². The van der Waals surface area contributed by atoms with Gasteiger partial charge in [0.25, 0.3) is 0 Å². The van der Waals surface area contributed by atoms with Crippen molar-refractivity contribution in [3.8, 4) is 0 Å². The third-order valence-electron chi connectivity index (χ3n) is 11.8. The Morgan fingerprint density at radius 1 is 0.941 bits per heavy atom. The van der Waals surface area contributed by atoms with Crippen LogP contribution in [-0.2, 0) is 42.7 Å². The summed E-state index contributed by atoms with van der Waals surface area (Å²) in [6.07, 6.45) is -5.72. The van der Waals surface area contributed by atoms with E-state index in [1.165, 1.54) is 7.11 Å². The highest BCUT2D eigenvalue weighted by molar-refractivity contribution is 5.81. The molecule has 4 aliphatic heterocycles. The number of cyclic esters (lactones) is 1. The summed E-state index contributed by atoms with van der Waals surface area (Å²) in [5.41, 5.74) is -2.05. The highest BCUT2D eigenvalue weighted by Gasteiger charge is 2.54. The number of nitrogens with zero attached hydrogens (tertiary/aromatic N) is 2. The minimum atomic E-state index is -1.75. The predicted octanol–water partition coefficient (Wildman–Crippen LogP) is 3.02. The molecule has 0 saturated carbocycles. The van der Waals surface area contributed by atoms with E-state index in [2.05, 4.69) is 0 Å². The summed E-state index contributed by atoms with van der Waals surface area (Å²) in [7, 11) is 6.96. The van der Waals surface area contributed by atoms with Gasteiger partial charge < -0.3 is 58.1 Å². The molecule has 0 aromatic carbocycles. The van der Waals surface area contributed by atoms with Gasteiger partial charge in [0.1, 0.15) is 12.2 Å². The molecule has 51 heavy (non-hydrogen) atoms. The summed E-state index contributed by atoms with van der Waals surface area (Å²) in [6, 6.07) is -0.582. The summed E-state index contributed by atoms with van der Waals surface area (Å²) in [5, 5.41) is 34.2. The third-order valence-corrected chi connectivity index (χ3v) is 11.8. The molecule has 4 aliphatic rings. The summed E-state index contributed by atoms with van der Waals surface area (Å²) in [4.78, 5) is 21.1. The Hall–Kier alpha value is -1.46. The minimum absolute atomic E-state index is 0.178. The van der Waals surface area contributed by atoms with Crippen molar-refractivity contribution in [1.29, 1.82) is 0 Å². The molecular formula is C37H66N2O12. The number of carbonyl (C=O) groups is 1. The number of fused-ring (bicyclic) bond motifs is 2. The molecule has 14 nitrogen and oxygen atoms in total. The number of hydrogen-bond acceptors (Lipinski definition) is 14. The van der Waals surface area contributed by atoms with Crippen LogP contribution in [0.4, 0.5) is 0 Å². The number of esters is 1. The summed E-state index contributed by atoms with van der Waals surface area (Å²) >= 11 is 0. The number of hydrogen-bond donors (Lipinski definition) is 3. The number of methoxy groups -OCH3 is 2. The van der Waals surface area contributed by atoms with Gasteiger partial charge in [0.05, 0.1) is 47.6 Å². The fraction of sp³-hybridized carbons (Fsp3) is 0.946.